The first-order valence-electron chi connectivity index (χ1n) is 9.82. The predicted octanol–water partition coefficient (Wildman–Crippen LogP) is 1.12. The zero-order valence-corrected chi connectivity index (χ0v) is 17.8. The van der Waals surface area contributed by atoms with Gasteiger partial charge in [0.05, 0.1) is 18.3 Å². The van der Waals surface area contributed by atoms with Crippen molar-refractivity contribution in [2.75, 3.05) is 6.54 Å². The number of sulfonamides is 1. The van der Waals surface area contributed by atoms with E-state index in [0.29, 0.717) is 12.5 Å². The molecule has 0 radical (unpaired) electrons. The van der Waals surface area contributed by atoms with Gasteiger partial charge in [0.2, 0.25) is 15.9 Å². The Kier molecular flexibility index (Phi) is 5.86. The molecule has 2 amide bonds. The molecule has 10 nitrogen and oxygen atoms in total. The van der Waals surface area contributed by atoms with E-state index in [-0.39, 0.29) is 46.6 Å². The van der Waals surface area contributed by atoms with Gasteiger partial charge in [-0.05, 0) is 25.0 Å². The van der Waals surface area contributed by atoms with Crippen molar-refractivity contribution in [3.8, 4) is 0 Å². The van der Waals surface area contributed by atoms with Crippen molar-refractivity contribution in [1.29, 1.82) is 0 Å². The zero-order valence-electron chi connectivity index (χ0n) is 17.0. The summed E-state index contributed by atoms with van der Waals surface area (Å²) in [6.45, 7) is -0.0884. The number of aromatic nitrogens is 2. The Hall–Kier alpha value is -3.42. The van der Waals surface area contributed by atoms with Gasteiger partial charge in [-0.3, -0.25) is 14.8 Å². The molecule has 1 aliphatic rings. The Bertz CT molecular complexity index is 1370. The third-order valence-electron chi connectivity index (χ3n) is 5.54. The molecule has 0 bridgehead atoms. The van der Waals surface area contributed by atoms with E-state index in [2.05, 4.69) is 4.98 Å². The molecule has 174 valence electrons. The van der Waals surface area contributed by atoms with Gasteiger partial charge in [-0.1, -0.05) is 6.07 Å². The molecule has 13 heteroatoms. The summed E-state index contributed by atoms with van der Waals surface area (Å²) < 4.78 is 56.9. The van der Waals surface area contributed by atoms with Crippen molar-refractivity contribution in [3.63, 3.8) is 0 Å². The van der Waals surface area contributed by atoms with Crippen LogP contribution in [0.2, 0.25) is 0 Å². The van der Waals surface area contributed by atoms with Crippen LogP contribution in [0.3, 0.4) is 0 Å². The molecule has 4 N–H and O–H groups in total. The molecule has 4 rings (SSSR count). The minimum atomic E-state index is -4.26. The molecule has 0 saturated carbocycles. The number of nitrogens with one attached hydrogen (secondary N) is 1. The van der Waals surface area contributed by atoms with Crippen molar-refractivity contribution in [3.05, 3.63) is 59.6 Å². The number of carbonyl (C=O) groups excluding carboxylic acids is 2. The second kappa shape index (κ2) is 8.50. The molecular weight excluding hydrogens is 460 g/mol. The van der Waals surface area contributed by atoms with Crippen LogP contribution in [0.15, 0.2) is 41.6 Å². The van der Waals surface area contributed by atoms with Gasteiger partial charge in [-0.25, -0.2) is 27.7 Å². The number of hydrogen-bond acceptors (Lipinski definition) is 6. The summed E-state index contributed by atoms with van der Waals surface area (Å²) in [7, 11) is -4.26. The molecule has 33 heavy (non-hydrogen) atoms. The highest BCUT2D eigenvalue weighted by molar-refractivity contribution is 7.89. The molecule has 0 unspecified atom stereocenters. The normalized spacial score (nSPS) is 16.9. The molecule has 1 saturated heterocycles. The number of amides is 2. The van der Waals surface area contributed by atoms with E-state index < -0.39 is 39.5 Å². The third-order valence-corrected chi connectivity index (χ3v) is 7.48. The number of carbonyl (C=O) groups is 2. The number of fused-ring (bicyclic) bond motifs is 1. The topological polar surface area (TPSA) is 148 Å². The number of benzene rings is 1. The van der Waals surface area contributed by atoms with Crippen LogP contribution in [0.25, 0.3) is 10.9 Å². The van der Waals surface area contributed by atoms with E-state index in [4.69, 9.17) is 10.9 Å². The maximum Gasteiger partial charge on any atom is 0.293 e. The fraction of sp³-hybridized carbons (Fsp3) is 0.250. The van der Waals surface area contributed by atoms with Gasteiger partial charge in [0.25, 0.3) is 5.91 Å². The maximum absolute atomic E-state index is 14.3. The molecule has 1 atom stereocenters. The predicted molar refractivity (Wildman–Crippen MR) is 111 cm³/mol. The number of nitrogens with zero attached hydrogens (tertiary/aromatic N) is 3. The van der Waals surface area contributed by atoms with Crippen molar-refractivity contribution < 1.29 is 32.0 Å². The minimum Gasteiger partial charge on any atom is -0.368 e. The Morgan fingerprint density at radius 3 is 2.70 bits per heavy atom. The molecule has 3 heterocycles. The van der Waals surface area contributed by atoms with E-state index in [1.807, 2.05) is 0 Å². The first-order valence-corrected chi connectivity index (χ1v) is 11.3. The summed E-state index contributed by atoms with van der Waals surface area (Å²) in [5, 5.41) is 8.99. The van der Waals surface area contributed by atoms with Crippen molar-refractivity contribution in [2.45, 2.75) is 30.3 Å². The highest BCUT2D eigenvalue weighted by atomic mass is 32.2. The first-order chi connectivity index (χ1) is 15.6. The lowest BCUT2D eigenvalue weighted by molar-refractivity contribution is -0.121. The standard InChI is InChI=1S/C20H19F2N5O5S/c21-12-4-3-11(14(22)6-12)9-26-10-18(13-7-15(20(29)25-30)24-8-17(13)26)33(31,32)27-5-1-2-16(27)19(23)28/h3-4,6-8,10,16,30H,1-2,5,9H2,(H2,23,28)(H,25,29)/t16-/m0/s1. The Labute approximate surface area is 186 Å². The largest absolute Gasteiger partial charge is 0.368 e. The maximum atomic E-state index is 14.3. The monoisotopic (exact) mass is 479 g/mol. The van der Waals surface area contributed by atoms with Crippen LogP contribution in [0.4, 0.5) is 8.78 Å². The fourth-order valence-electron chi connectivity index (χ4n) is 3.94. The summed E-state index contributed by atoms with van der Waals surface area (Å²) in [5.74, 6) is -3.33. The average Bonchev–Trinajstić information content (AvgIpc) is 3.41. The molecule has 0 aliphatic carbocycles. The summed E-state index contributed by atoms with van der Waals surface area (Å²) >= 11 is 0. The van der Waals surface area contributed by atoms with Gasteiger partial charge >= 0.3 is 0 Å². The number of halogens is 2. The average molecular weight is 479 g/mol. The first kappa shape index (κ1) is 22.8. The van der Waals surface area contributed by atoms with Gasteiger partial charge in [-0.2, -0.15) is 4.31 Å². The van der Waals surface area contributed by atoms with E-state index in [9.17, 15) is 26.8 Å². The number of pyridine rings is 1. The number of hydroxylamine groups is 1. The van der Waals surface area contributed by atoms with Crippen molar-refractivity contribution >= 4 is 32.7 Å². The summed E-state index contributed by atoms with van der Waals surface area (Å²) in [6.07, 6.45) is 3.15. The summed E-state index contributed by atoms with van der Waals surface area (Å²) in [5.41, 5.74) is 6.87. The second-order valence-corrected chi connectivity index (χ2v) is 9.42. The molecule has 1 aromatic carbocycles. The number of nitrogens with two attached hydrogens (primary N) is 1. The lowest BCUT2D eigenvalue weighted by Gasteiger charge is -2.21. The van der Waals surface area contributed by atoms with Gasteiger partial charge in [0.1, 0.15) is 28.3 Å². The van der Waals surface area contributed by atoms with E-state index >= 15 is 0 Å². The number of primary amides is 1. The van der Waals surface area contributed by atoms with Crippen molar-refractivity contribution in [1.82, 2.24) is 19.3 Å². The fourth-order valence-corrected chi connectivity index (χ4v) is 5.81. The van der Waals surface area contributed by atoms with Gasteiger partial charge in [0.15, 0.2) is 0 Å². The number of rotatable bonds is 6. The second-order valence-electron chi connectivity index (χ2n) is 7.56. The molecular formula is C20H19F2N5O5S. The van der Waals surface area contributed by atoms with Crippen LogP contribution >= 0.6 is 0 Å². The van der Waals surface area contributed by atoms with E-state index in [0.717, 1.165) is 10.4 Å². The molecule has 2 aromatic heterocycles. The van der Waals surface area contributed by atoms with Crippen LogP contribution in [-0.4, -0.2) is 51.9 Å². The van der Waals surface area contributed by atoms with Crippen LogP contribution in [0, 0.1) is 11.6 Å². The van der Waals surface area contributed by atoms with Gasteiger partial charge < -0.3 is 10.3 Å². The third kappa shape index (κ3) is 4.05. The van der Waals surface area contributed by atoms with Gasteiger partial charge in [0, 0.05) is 29.8 Å². The SMILES string of the molecule is NC(=O)[C@@H]1CCCN1S(=O)(=O)c1cn(Cc2ccc(F)cc2F)c2cnc(C(=O)NO)cc12. The zero-order chi connectivity index (χ0) is 23.9. The molecule has 0 spiro atoms. The van der Waals surface area contributed by atoms with E-state index in [1.165, 1.54) is 34.6 Å². The number of hydrogen-bond donors (Lipinski definition) is 3. The summed E-state index contributed by atoms with van der Waals surface area (Å²) in [4.78, 5) is 27.3. The Morgan fingerprint density at radius 1 is 1.27 bits per heavy atom. The van der Waals surface area contributed by atoms with Gasteiger partial charge in [-0.15, -0.1) is 0 Å². The lowest BCUT2D eigenvalue weighted by Crippen LogP contribution is -2.43. The minimum absolute atomic E-state index is 0.0706. The van der Waals surface area contributed by atoms with Crippen LogP contribution in [0.1, 0.15) is 28.9 Å². The Morgan fingerprint density at radius 2 is 2.03 bits per heavy atom. The van der Waals surface area contributed by atoms with Crippen LogP contribution < -0.4 is 11.2 Å². The smallest absolute Gasteiger partial charge is 0.293 e. The molecule has 1 aliphatic heterocycles. The highest BCUT2D eigenvalue weighted by Crippen LogP contribution is 2.33. The van der Waals surface area contributed by atoms with Crippen LogP contribution in [-0.2, 0) is 21.4 Å². The summed E-state index contributed by atoms with van der Waals surface area (Å²) in [6, 6.07) is 3.16. The molecule has 1 fully saturated rings. The molecule has 3 aromatic rings. The quantitative estimate of drug-likeness (QED) is 0.357. The lowest BCUT2D eigenvalue weighted by atomic mass is 10.2. The van der Waals surface area contributed by atoms with Crippen LogP contribution in [0.5, 0.6) is 0 Å². The van der Waals surface area contributed by atoms with E-state index in [1.54, 1.807) is 0 Å². The Balaban J connectivity index is 1.89. The highest BCUT2D eigenvalue weighted by Gasteiger charge is 2.40. The van der Waals surface area contributed by atoms with Crippen molar-refractivity contribution in [2.24, 2.45) is 5.73 Å².